The molecule has 8 rings (SSSR count). The third-order valence-electron chi connectivity index (χ3n) is 11.5. The number of amides is 4. The number of ether oxygens (including phenoxy) is 3. The van der Waals surface area contributed by atoms with Crippen LogP contribution in [0.1, 0.15) is 84.1 Å². The first-order chi connectivity index (χ1) is 28.0. The number of pyridine rings is 1. The van der Waals surface area contributed by atoms with Gasteiger partial charge in [0.2, 0.25) is 21.8 Å². The Morgan fingerprint density at radius 1 is 1.03 bits per heavy atom. The van der Waals surface area contributed by atoms with Crippen molar-refractivity contribution in [1.29, 1.82) is 0 Å². The average molecular weight is 830 g/mol. The third kappa shape index (κ3) is 8.28. The lowest BCUT2D eigenvalue weighted by molar-refractivity contribution is -0.141. The van der Waals surface area contributed by atoms with Crippen LogP contribution in [0.4, 0.5) is 4.79 Å². The SMILES string of the molecule is COc1ccc2c(O[C@H]3C[C@H]4C(=O)N[C@]5(C(=O)NS(=O)(=O)C6CC6)C[C@H]5/C=C\CCCCC[C@@H](NC(=O)OC(C)(C)C)C(=O)N4C3)c3oc4ccc(C)cc4c3nc2c1. The molecule has 4 heterocycles. The predicted molar refractivity (Wildman–Crippen MR) is 219 cm³/mol. The van der Waals surface area contributed by atoms with E-state index in [2.05, 4.69) is 15.4 Å². The fourth-order valence-corrected chi connectivity index (χ4v) is 9.57. The molecule has 4 aliphatic rings. The molecule has 0 spiro atoms. The summed E-state index contributed by atoms with van der Waals surface area (Å²) in [7, 11) is -2.35. The first kappa shape index (κ1) is 40.4. The first-order valence-corrected chi connectivity index (χ1v) is 21.9. The van der Waals surface area contributed by atoms with Crippen LogP contribution in [0.3, 0.4) is 0 Å². The van der Waals surface area contributed by atoms with Crippen LogP contribution in [0.25, 0.3) is 33.0 Å². The van der Waals surface area contributed by atoms with Crippen molar-refractivity contribution < 1.29 is 46.2 Å². The lowest BCUT2D eigenvalue weighted by Crippen LogP contribution is -2.58. The number of aromatic nitrogens is 1. The molecule has 4 aromatic rings. The number of aryl methyl sites for hydroxylation is 1. The molecule has 5 atom stereocenters. The maximum atomic E-state index is 14.7. The number of hydrogen-bond acceptors (Lipinski definition) is 11. The number of rotatable bonds is 7. The zero-order valence-corrected chi connectivity index (χ0v) is 34.8. The lowest BCUT2D eigenvalue weighted by atomic mass is 10.0. The van der Waals surface area contributed by atoms with Gasteiger partial charge in [0.25, 0.3) is 5.91 Å². The highest BCUT2D eigenvalue weighted by molar-refractivity contribution is 7.91. The number of carbonyl (C=O) groups excluding carboxylic acids is 4. The molecular weight excluding hydrogens is 779 g/mol. The number of benzene rings is 2. The van der Waals surface area contributed by atoms with E-state index < -0.39 is 74.3 Å². The molecule has 314 valence electrons. The summed E-state index contributed by atoms with van der Waals surface area (Å²) >= 11 is 0. The van der Waals surface area contributed by atoms with Gasteiger partial charge in [-0.05, 0) is 90.5 Å². The summed E-state index contributed by atoms with van der Waals surface area (Å²) in [4.78, 5) is 62.7. The van der Waals surface area contributed by atoms with Crippen LogP contribution in [-0.2, 0) is 29.1 Å². The van der Waals surface area contributed by atoms with E-state index in [-0.39, 0.29) is 19.4 Å². The van der Waals surface area contributed by atoms with Crippen molar-refractivity contribution in [3.63, 3.8) is 0 Å². The van der Waals surface area contributed by atoms with E-state index in [0.717, 1.165) is 23.8 Å². The molecule has 0 unspecified atom stereocenters. The molecule has 0 radical (unpaired) electrons. The smallest absolute Gasteiger partial charge is 0.408 e. The van der Waals surface area contributed by atoms with E-state index in [1.165, 1.54) is 4.90 Å². The topological polar surface area (TPSA) is 195 Å². The Labute approximate surface area is 342 Å². The Kier molecular flexibility index (Phi) is 10.5. The lowest BCUT2D eigenvalue weighted by Gasteiger charge is -2.30. The molecule has 1 saturated heterocycles. The number of furan rings is 1. The Morgan fingerprint density at radius 2 is 1.83 bits per heavy atom. The number of methoxy groups -OCH3 is 1. The van der Waals surface area contributed by atoms with Crippen molar-refractivity contribution in [2.24, 2.45) is 5.92 Å². The van der Waals surface area contributed by atoms with Crippen LogP contribution in [-0.4, -0.2) is 90.3 Å². The number of allylic oxidation sites excluding steroid dienone is 1. The molecule has 59 heavy (non-hydrogen) atoms. The van der Waals surface area contributed by atoms with Crippen LogP contribution >= 0.6 is 0 Å². The van der Waals surface area contributed by atoms with Gasteiger partial charge in [0, 0.05) is 29.2 Å². The van der Waals surface area contributed by atoms with Crippen LogP contribution < -0.4 is 24.8 Å². The van der Waals surface area contributed by atoms with Gasteiger partial charge < -0.3 is 34.2 Å². The number of carbonyl (C=O) groups is 4. The summed E-state index contributed by atoms with van der Waals surface area (Å²) < 4.78 is 52.4. The van der Waals surface area contributed by atoms with Crippen molar-refractivity contribution in [3.05, 3.63) is 54.1 Å². The van der Waals surface area contributed by atoms with Gasteiger partial charge in [-0.15, -0.1) is 0 Å². The number of alkyl carbamates (subject to hydrolysis) is 1. The Morgan fingerprint density at radius 3 is 2.58 bits per heavy atom. The second-order valence-electron chi connectivity index (χ2n) is 17.3. The van der Waals surface area contributed by atoms with Gasteiger partial charge in [-0.2, -0.15) is 0 Å². The van der Waals surface area contributed by atoms with Crippen molar-refractivity contribution in [2.75, 3.05) is 13.7 Å². The number of fused-ring (bicyclic) bond motifs is 6. The average Bonchev–Trinajstić information content (AvgIpc) is 4.08. The fraction of sp³-hybridized carbons (Fsp3) is 0.512. The van der Waals surface area contributed by atoms with E-state index in [4.69, 9.17) is 23.6 Å². The quantitative estimate of drug-likeness (QED) is 0.194. The molecular formula is C43H51N5O10S. The molecule has 15 nitrogen and oxygen atoms in total. The van der Waals surface area contributed by atoms with Crippen LogP contribution in [0.5, 0.6) is 11.5 Å². The van der Waals surface area contributed by atoms with Crippen molar-refractivity contribution in [2.45, 2.75) is 120 Å². The summed E-state index contributed by atoms with van der Waals surface area (Å²) in [5, 5.41) is 6.45. The molecule has 16 heteroatoms. The van der Waals surface area contributed by atoms with Crippen LogP contribution in [0.2, 0.25) is 0 Å². The molecule has 3 N–H and O–H groups in total. The highest BCUT2D eigenvalue weighted by atomic mass is 32.2. The molecule has 2 aliphatic carbocycles. The Balaban J connectivity index is 1.17. The molecule has 4 amide bonds. The van der Waals surface area contributed by atoms with Gasteiger partial charge in [-0.3, -0.25) is 19.1 Å². The minimum Gasteiger partial charge on any atom is -0.497 e. The zero-order valence-electron chi connectivity index (χ0n) is 34.0. The molecule has 3 fully saturated rings. The van der Waals surface area contributed by atoms with Gasteiger partial charge in [0.15, 0.2) is 11.3 Å². The second-order valence-corrected chi connectivity index (χ2v) is 19.3. The summed E-state index contributed by atoms with van der Waals surface area (Å²) in [6.07, 6.45) is 6.52. The van der Waals surface area contributed by atoms with E-state index >= 15 is 0 Å². The van der Waals surface area contributed by atoms with E-state index in [0.29, 0.717) is 71.2 Å². The van der Waals surface area contributed by atoms with Gasteiger partial charge in [0.05, 0.1) is 24.4 Å². The van der Waals surface area contributed by atoms with Crippen LogP contribution in [0.15, 0.2) is 53.0 Å². The third-order valence-corrected chi connectivity index (χ3v) is 13.3. The summed E-state index contributed by atoms with van der Waals surface area (Å²) in [5.74, 6) is -1.43. The van der Waals surface area contributed by atoms with Crippen molar-refractivity contribution in [1.82, 2.24) is 25.2 Å². The largest absolute Gasteiger partial charge is 0.497 e. The Bertz CT molecular complexity index is 2490. The minimum atomic E-state index is -3.92. The Hall–Kier alpha value is -5.38. The number of hydrogen-bond donors (Lipinski definition) is 3. The van der Waals surface area contributed by atoms with Crippen LogP contribution in [0, 0.1) is 12.8 Å². The molecule has 2 aromatic heterocycles. The maximum Gasteiger partial charge on any atom is 0.408 e. The van der Waals surface area contributed by atoms with E-state index in [1.807, 2.05) is 43.3 Å². The van der Waals surface area contributed by atoms with Gasteiger partial charge in [-0.1, -0.05) is 36.6 Å². The number of nitrogens with zero attached hydrogens (tertiary/aromatic N) is 2. The number of sulfonamides is 1. The first-order valence-electron chi connectivity index (χ1n) is 20.4. The highest BCUT2D eigenvalue weighted by Gasteiger charge is 2.62. The predicted octanol–water partition coefficient (Wildman–Crippen LogP) is 5.70. The summed E-state index contributed by atoms with van der Waals surface area (Å²) in [6, 6.07) is 9.01. The molecule has 2 aliphatic heterocycles. The van der Waals surface area contributed by atoms with E-state index in [1.54, 1.807) is 40.0 Å². The van der Waals surface area contributed by atoms with E-state index in [9.17, 15) is 27.6 Å². The summed E-state index contributed by atoms with van der Waals surface area (Å²) in [5.41, 5.74) is 0.819. The van der Waals surface area contributed by atoms with Gasteiger partial charge in [0.1, 0.15) is 46.2 Å². The molecule has 2 saturated carbocycles. The molecule has 2 aromatic carbocycles. The number of nitrogens with one attached hydrogen (secondary N) is 3. The summed E-state index contributed by atoms with van der Waals surface area (Å²) in [6.45, 7) is 7.11. The minimum absolute atomic E-state index is 0.0100. The maximum absolute atomic E-state index is 14.7. The normalized spacial score (nSPS) is 25.9. The van der Waals surface area contributed by atoms with Crippen molar-refractivity contribution in [3.8, 4) is 11.5 Å². The van der Waals surface area contributed by atoms with Crippen molar-refractivity contribution >= 4 is 66.8 Å². The fourth-order valence-electron chi connectivity index (χ4n) is 8.21. The van der Waals surface area contributed by atoms with Gasteiger partial charge in [-0.25, -0.2) is 18.2 Å². The molecule has 0 bridgehead atoms. The standard InChI is InChI=1S/C43H51N5O10S/c1-24-13-18-34-30(19-24)35-37(57-34)36(29-17-14-26(55-5)20-32(29)44-35)56-27-21-33-38(49)46-43(40(51)47-59(53,54)28-15-16-28)22-25(43)11-9-7-6-8-10-12-31(39(50)48(33)23-27)45-41(52)58-42(2,3)4/h9,11,13-14,17-20,25,27-28,31,33H,6-8,10,12,15-16,21-23H2,1-5H3,(H,45,52)(H,46,49)(H,47,51)/b11-9-/t25-,27+,31-,33+,43-/m1/s1. The van der Waals surface area contributed by atoms with Gasteiger partial charge >= 0.3 is 6.09 Å². The zero-order chi connectivity index (χ0) is 41.9. The monoisotopic (exact) mass is 829 g/mol. The second kappa shape index (κ2) is 15.3. The highest BCUT2D eigenvalue weighted by Crippen LogP contribution is 2.46.